The van der Waals surface area contributed by atoms with Crippen molar-refractivity contribution in [2.75, 3.05) is 0 Å². The summed E-state index contributed by atoms with van der Waals surface area (Å²) < 4.78 is 18.1. The minimum atomic E-state index is -0.302. The highest BCUT2D eigenvalue weighted by molar-refractivity contribution is 7.98. The number of thioether (sulfide) groups is 1. The van der Waals surface area contributed by atoms with Crippen molar-refractivity contribution in [3.63, 3.8) is 0 Å². The molecule has 7 heteroatoms. The maximum atomic E-state index is 14.0. The van der Waals surface area contributed by atoms with E-state index < -0.39 is 0 Å². The van der Waals surface area contributed by atoms with Crippen molar-refractivity contribution < 1.29 is 4.39 Å². The summed E-state index contributed by atoms with van der Waals surface area (Å²) in [5.41, 5.74) is 2.69. The zero-order valence-corrected chi connectivity index (χ0v) is 16.6. The predicted octanol–water partition coefficient (Wildman–Crippen LogP) is 5.54. The molecular formula is C20H18ClFN4S. The van der Waals surface area contributed by atoms with Crippen LogP contribution < -0.4 is 0 Å². The van der Waals surface area contributed by atoms with Gasteiger partial charge in [0.15, 0.2) is 11.0 Å². The van der Waals surface area contributed by atoms with Crippen molar-refractivity contribution in [3.05, 3.63) is 65.1 Å². The maximum absolute atomic E-state index is 14.0. The fraction of sp³-hybridized carbons (Fsp3) is 0.200. The molecule has 2 aromatic heterocycles. The molecule has 0 saturated carbocycles. The van der Waals surface area contributed by atoms with Gasteiger partial charge in [-0.2, -0.15) is 0 Å². The van der Waals surface area contributed by atoms with Crippen LogP contribution in [-0.4, -0.2) is 19.3 Å². The molecule has 0 unspecified atom stereocenters. The second kappa shape index (κ2) is 7.37. The van der Waals surface area contributed by atoms with Crippen LogP contribution in [0.25, 0.3) is 22.3 Å². The summed E-state index contributed by atoms with van der Waals surface area (Å²) in [6.07, 6.45) is 2.11. The van der Waals surface area contributed by atoms with E-state index in [1.165, 1.54) is 23.3 Å². The minimum Gasteiger partial charge on any atom is -0.347 e. The Balaban J connectivity index is 1.67. The van der Waals surface area contributed by atoms with Crippen LogP contribution in [0.15, 0.2) is 53.8 Å². The maximum Gasteiger partial charge on any atom is 0.191 e. The van der Waals surface area contributed by atoms with Gasteiger partial charge in [-0.25, -0.2) is 4.39 Å². The zero-order chi connectivity index (χ0) is 19.0. The largest absolute Gasteiger partial charge is 0.347 e. The molecule has 0 atom stereocenters. The van der Waals surface area contributed by atoms with Crippen LogP contribution >= 0.6 is 23.4 Å². The topological polar surface area (TPSA) is 35.6 Å². The molecule has 138 valence electrons. The Morgan fingerprint density at radius 3 is 2.70 bits per heavy atom. The summed E-state index contributed by atoms with van der Waals surface area (Å²) in [6, 6.07) is 13.0. The molecule has 0 aliphatic rings. The van der Waals surface area contributed by atoms with Gasteiger partial charge < -0.3 is 9.13 Å². The summed E-state index contributed by atoms with van der Waals surface area (Å²) in [5, 5.41) is 11.0. The Hall–Kier alpha value is -2.31. The second-order valence-electron chi connectivity index (χ2n) is 6.20. The van der Waals surface area contributed by atoms with Crippen molar-refractivity contribution in [1.82, 2.24) is 19.3 Å². The third-order valence-electron chi connectivity index (χ3n) is 4.61. The molecule has 0 radical (unpaired) electrons. The third kappa shape index (κ3) is 3.24. The number of aromatic nitrogens is 4. The average molecular weight is 401 g/mol. The van der Waals surface area contributed by atoms with Crippen molar-refractivity contribution in [1.29, 1.82) is 0 Å². The number of para-hydroxylation sites is 1. The number of halogens is 2. The van der Waals surface area contributed by atoms with Crippen LogP contribution in [-0.2, 0) is 19.3 Å². The number of nitrogens with zero attached hydrogens (tertiary/aromatic N) is 4. The van der Waals surface area contributed by atoms with Crippen molar-refractivity contribution >= 4 is 34.3 Å². The van der Waals surface area contributed by atoms with E-state index in [1.807, 2.05) is 23.7 Å². The molecule has 0 amide bonds. The summed E-state index contributed by atoms with van der Waals surface area (Å²) in [7, 11) is 1.93. The molecule has 4 rings (SSSR count). The molecule has 0 spiro atoms. The predicted molar refractivity (Wildman–Crippen MR) is 109 cm³/mol. The highest BCUT2D eigenvalue weighted by Gasteiger charge is 2.17. The Labute approximate surface area is 166 Å². The van der Waals surface area contributed by atoms with Crippen LogP contribution in [0.1, 0.15) is 12.5 Å². The number of fused-ring (bicyclic) bond motifs is 1. The number of benzene rings is 2. The molecule has 0 saturated heterocycles. The summed E-state index contributed by atoms with van der Waals surface area (Å²) in [5.74, 6) is 0.887. The third-order valence-corrected chi connectivity index (χ3v) is 6.01. The Morgan fingerprint density at radius 1 is 1.11 bits per heavy atom. The summed E-state index contributed by atoms with van der Waals surface area (Å²) in [4.78, 5) is 0. The minimum absolute atomic E-state index is 0.302. The number of rotatable bonds is 5. The van der Waals surface area contributed by atoms with Gasteiger partial charge in [-0.1, -0.05) is 47.6 Å². The van der Waals surface area contributed by atoms with Gasteiger partial charge in [0.25, 0.3) is 0 Å². The van der Waals surface area contributed by atoms with Gasteiger partial charge >= 0.3 is 0 Å². The van der Waals surface area contributed by atoms with E-state index in [0.717, 1.165) is 28.5 Å². The van der Waals surface area contributed by atoms with Gasteiger partial charge in [-0.05, 0) is 25.1 Å². The van der Waals surface area contributed by atoms with Crippen molar-refractivity contribution in [2.45, 2.75) is 24.4 Å². The highest BCUT2D eigenvalue weighted by atomic mass is 35.5. The molecular weight excluding hydrogens is 383 g/mol. The molecule has 0 fully saturated rings. The van der Waals surface area contributed by atoms with Crippen LogP contribution in [0.5, 0.6) is 0 Å². The van der Waals surface area contributed by atoms with Crippen molar-refractivity contribution in [3.8, 4) is 11.4 Å². The summed E-state index contributed by atoms with van der Waals surface area (Å²) >= 11 is 7.54. The Morgan fingerprint density at radius 2 is 1.93 bits per heavy atom. The first-order valence-electron chi connectivity index (χ1n) is 8.63. The monoisotopic (exact) mass is 400 g/mol. The van der Waals surface area contributed by atoms with E-state index in [9.17, 15) is 4.39 Å². The fourth-order valence-electron chi connectivity index (χ4n) is 3.17. The quantitative estimate of drug-likeness (QED) is 0.412. The number of hydrogen-bond donors (Lipinski definition) is 0. The molecule has 2 aromatic carbocycles. The van der Waals surface area contributed by atoms with Crippen molar-refractivity contribution in [2.24, 2.45) is 7.05 Å². The van der Waals surface area contributed by atoms with Crippen LogP contribution in [0.3, 0.4) is 0 Å². The standard InChI is InChI=1S/C20H18ClFN4S/c1-3-26-11-14(13-7-4-5-10-18(13)26)19-23-24-20(25(19)2)27-12-15-16(21)8-6-9-17(15)22/h4-11H,3,12H2,1-2H3. The van der Waals surface area contributed by atoms with Gasteiger partial charge in [0.05, 0.1) is 0 Å². The SMILES string of the molecule is CCn1cc(-c2nnc(SCc3c(F)cccc3Cl)n2C)c2ccccc21. The molecule has 27 heavy (non-hydrogen) atoms. The normalized spacial score (nSPS) is 11.4. The lowest BCUT2D eigenvalue weighted by molar-refractivity contribution is 0.617. The summed E-state index contributed by atoms with van der Waals surface area (Å²) in [6.45, 7) is 3.00. The van der Waals surface area contributed by atoms with Gasteiger partial charge in [0.2, 0.25) is 0 Å². The van der Waals surface area contributed by atoms with Gasteiger partial charge in [0, 0.05) is 52.6 Å². The first kappa shape index (κ1) is 18.1. The fourth-order valence-corrected chi connectivity index (χ4v) is 4.42. The van der Waals surface area contributed by atoms with Gasteiger partial charge in [-0.3, -0.25) is 0 Å². The Bertz CT molecular complexity index is 1100. The highest BCUT2D eigenvalue weighted by Crippen LogP contribution is 2.33. The van der Waals surface area contributed by atoms with Crippen LogP contribution in [0, 0.1) is 5.82 Å². The molecule has 4 aromatic rings. The molecule has 2 heterocycles. The first-order valence-corrected chi connectivity index (χ1v) is 9.99. The van der Waals surface area contributed by atoms with E-state index >= 15 is 0 Å². The zero-order valence-electron chi connectivity index (χ0n) is 15.0. The average Bonchev–Trinajstić information content (AvgIpc) is 3.22. The molecule has 4 nitrogen and oxygen atoms in total. The smallest absolute Gasteiger partial charge is 0.191 e. The van der Waals surface area contributed by atoms with E-state index in [4.69, 9.17) is 11.6 Å². The Kier molecular flexibility index (Phi) is 4.93. The number of hydrogen-bond acceptors (Lipinski definition) is 3. The van der Waals surface area contributed by atoms with Crippen LogP contribution in [0.2, 0.25) is 5.02 Å². The molecule has 0 aliphatic carbocycles. The van der Waals surface area contributed by atoms with Crippen LogP contribution in [0.4, 0.5) is 4.39 Å². The first-order chi connectivity index (χ1) is 13.1. The van der Waals surface area contributed by atoms with Gasteiger partial charge in [-0.15, -0.1) is 10.2 Å². The number of aryl methyl sites for hydroxylation is 1. The van der Waals surface area contributed by atoms with E-state index in [0.29, 0.717) is 16.3 Å². The van der Waals surface area contributed by atoms with E-state index in [-0.39, 0.29) is 5.82 Å². The van der Waals surface area contributed by atoms with E-state index in [1.54, 1.807) is 12.1 Å². The lowest BCUT2D eigenvalue weighted by Gasteiger charge is -2.06. The second-order valence-corrected chi connectivity index (χ2v) is 7.55. The lowest BCUT2D eigenvalue weighted by atomic mass is 10.1. The molecule has 0 bridgehead atoms. The molecule has 0 aliphatic heterocycles. The van der Waals surface area contributed by atoms with Gasteiger partial charge in [0.1, 0.15) is 5.82 Å². The molecule has 0 N–H and O–H groups in total. The van der Waals surface area contributed by atoms with E-state index in [2.05, 4.69) is 40.0 Å². The lowest BCUT2D eigenvalue weighted by Crippen LogP contribution is -1.96.